The Morgan fingerprint density at radius 1 is 0.737 bits per heavy atom. The lowest BCUT2D eigenvalue weighted by Crippen LogP contribution is -2.58. The molecular formula is C16H33N3. The molecule has 0 bridgehead atoms. The van der Waals surface area contributed by atoms with Crippen molar-refractivity contribution in [2.45, 2.75) is 64.7 Å². The largest absolute Gasteiger partial charge is 0.310 e. The summed E-state index contributed by atoms with van der Waals surface area (Å²) in [6.45, 7) is 12.0. The molecule has 19 heavy (non-hydrogen) atoms. The third kappa shape index (κ3) is 3.50. The molecule has 3 nitrogen and oxygen atoms in total. The predicted molar refractivity (Wildman–Crippen MR) is 82.5 cm³/mol. The lowest BCUT2D eigenvalue weighted by atomic mass is 9.85. The van der Waals surface area contributed by atoms with Gasteiger partial charge in [-0.05, 0) is 52.6 Å². The fourth-order valence-electron chi connectivity index (χ4n) is 3.82. The molecule has 0 saturated carbocycles. The highest BCUT2D eigenvalue weighted by Gasteiger charge is 2.34. The Morgan fingerprint density at radius 3 is 1.47 bits per heavy atom. The number of hydrogen-bond donors (Lipinski definition) is 1. The second-order valence-corrected chi connectivity index (χ2v) is 7.38. The van der Waals surface area contributed by atoms with Crippen LogP contribution in [-0.2, 0) is 0 Å². The number of piperidine rings is 2. The van der Waals surface area contributed by atoms with Crippen molar-refractivity contribution in [1.29, 1.82) is 0 Å². The van der Waals surface area contributed by atoms with Crippen LogP contribution in [0, 0.1) is 11.8 Å². The van der Waals surface area contributed by atoms with Gasteiger partial charge in [0.2, 0.25) is 0 Å². The molecule has 1 N–H and O–H groups in total. The van der Waals surface area contributed by atoms with Gasteiger partial charge in [0.15, 0.2) is 0 Å². The summed E-state index contributed by atoms with van der Waals surface area (Å²) in [5, 5.41) is 4.01. The van der Waals surface area contributed by atoms with Crippen LogP contribution in [0.2, 0.25) is 0 Å². The van der Waals surface area contributed by atoms with Gasteiger partial charge in [0.25, 0.3) is 0 Å². The van der Waals surface area contributed by atoms with E-state index in [1.54, 1.807) is 0 Å². The number of hydrogen-bond acceptors (Lipinski definition) is 3. The molecule has 2 aliphatic heterocycles. The summed E-state index contributed by atoms with van der Waals surface area (Å²) in [6.07, 6.45) is 2.59. The van der Waals surface area contributed by atoms with Crippen molar-refractivity contribution >= 4 is 0 Å². The molecule has 0 radical (unpaired) electrons. The molecular weight excluding hydrogens is 234 g/mol. The van der Waals surface area contributed by atoms with Gasteiger partial charge >= 0.3 is 0 Å². The molecule has 0 amide bonds. The number of nitrogens with zero attached hydrogens (tertiary/aromatic N) is 2. The first-order valence-electron chi connectivity index (χ1n) is 8.05. The van der Waals surface area contributed by atoms with Crippen molar-refractivity contribution in [3.63, 3.8) is 0 Å². The van der Waals surface area contributed by atoms with E-state index in [2.05, 4.69) is 56.9 Å². The van der Waals surface area contributed by atoms with E-state index in [-0.39, 0.29) is 0 Å². The van der Waals surface area contributed by atoms with Gasteiger partial charge in [0, 0.05) is 37.3 Å². The first-order valence-corrected chi connectivity index (χ1v) is 8.05. The maximum Gasteiger partial charge on any atom is 0.0122 e. The van der Waals surface area contributed by atoms with Crippen LogP contribution < -0.4 is 5.32 Å². The summed E-state index contributed by atoms with van der Waals surface area (Å²) in [5.41, 5.74) is 0. The van der Waals surface area contributed by atoms with E-state index in [0.29, 0.717) is 24.2 Å². The van der Waals surface area contributed by atoms with Gasteiger partial charge in [0.1, 0.15) is 0 Å². The van der Waals surface area contributed by atoms with Gasteiger partial charge < -0.3 is 15.1 Å². The Labute approximate surface area is 119 Å². The van der Waals surface area contributed by atoms with E-state index in [9.17, 15) is 0 Å². The molecule has 2 saturated heterocycles. The Morgan fingerprint density at radius 2 is 1.11 bits per heavy atom. The highest BCUT2D eigenvalue weighted by molar-refractivity contribution is 4.92. The first-order chi connectivity index (χ1) is 8.88. The summed E-state index contributed by atoms with van der Waals surface area (Å²) in [6, 6.07) is 2.84. The highest BCUT2D eigenvalue weighted by atomic mass is 15.2. The second kappa shape index (κ2) is 6.11. The van der Waals surface area contributed by atoms with Gasteiger partial charge in [0.05, 0.1) is 0 Å². The van der Waals surface area contributed by atoms with E-state index in [0.717, 1.165) is 11.8 Å². The molecule has 0 aromatic carbocycles. The number of nitrogens with one attached hydrogen (secondary N) is 1. The molecule has 6 atom stereocenters. The van der Waals surface area contributed by atoms with Crippen LogP contribution in [0.3, 0.4) is 0 Å². The molecule has 112 valence electrons. The third-order valence-electron chi connectivity index (χ3n) is 5.65. The van der Waals surface area contributed by atoms with Crippen LogP contribution in [-0.4, -0.2) is 61.2 Å². The zero-order valence-electron chi connectivity index (χ0n) is 13.7. The standard InChI is InChI=1S/C16H33N3/c1-11-9-18(5)13(3)7-15(11)17-16-8-14(4)19(6)10-12(16)2/h11-17H,7-10H2,1-6H3. The Hall–Kier alpha value is -0.120. The van der Waals surface area contributed by atoms with E-state index >= 15 is 0 Å². The van der Waals surface area contributed by atoms with Crippen molar-refractivity contribution in [1.82, 2.24) is 15.1 Å². The van der Waals surface area contributed by atoms with Crippen LogP contribution in [0.5, 0.6) is 0 Å². The van der Waals surface area contributed by atoms with Gasteiger partial charge in [-0.1, -0.05) is 13.8 Å². The van der Waals surface area contributed by atoms with Crippen molar-refractivity contribution < 1.29 is 0 Å². The maximum atomic E-state index is 4.01. The molecule has 0 spiro atoms. The molecule has 2 aliphatic rings. The predicted octanol–water partition coefficient (Wildman–Crippen LogP) is 2.03. The SMILES string of the molecule is CC1CN(C)C(C)CC1NC1CC(C)N(C)CC1C. The van der Waals surface area contributed by atoms with Crippen molar-refractivity contribution in [2.24, 2.45) is 11.8 Å². The minimum Gasteiger partial charge on any atom is -0.310 e. The summed E-state index contributed by atoms with van der Waals surface area (Å²) in [4.78, 5) is 5.01. The fraction of sp³-hybridized carbons (Fsp3) is 1.00. The van der Waals surface area contributed by atoms with E-state index in [4.69, 9.17) is 0 Å². The van der Waals surface area contributed by atoms with Crippen LogP contribution in [0.25, 0.3) is 0 Å². The second-order valence-electron chi connectivity index (χ2n) is 7.38. The van der Waals surface area contributed by atoms with Crippen LogP contribution in [0.1, 0.15) is 40.5 Å². The van der Waals surface area contributed by atoms with Gasteiger partial charge in [-0.2, -0.15) is 0 Å². The van der Waals surface area contributed by atoms with Crippen LogP contribution in [0.4, 0.5) is 0 Å². The number of rotatable bonds is 2. The van der Waals surface area contributed by atoms with Crippen molar-refractivity contribution in [3.05, 3.63) is 0 Å². The van der Waals surface area contributed by atoms with Gasteiger partial charge in [-0.3, -0.25) is 0 Å². The van der Waals surface area contributed by atoms with Gasteiger partial charge in [-0.15, -0.1) is 0 Å². The summed E-state index contributed by atoms with van der Waals surface area (Å²) in [7, 11) is 4.52. The normalized spacial score (nSPS) is 46.4. The molecule has 0 aliphatic carbocycles. The fourth-order valence-corrected chi connectivity index (χ4v) is 3.82. The van der Waals surface area contributed by atoms with E-state index < -0.39 is 0 Å². The topological polar surface area (TPSA) is 18.5 Å². The smallest absolute Gasteiger partial charge is 0.0122 e. The zero-order valence-corrected chi connectivity index (χ0v) is 13.7. The molecule has 6 unspecified atom stereocenters. The minimum absolute atomic E-state index is 0.703. The average molecular weight is 267 g/mol. The van der Waals surface area contributed by atoms with Crippen molar-refractivity contribution in [2.75, 3.05) is 27.2 Å². The molecule has 3 heteroatoms. The molecule has 2 heterocycles. The lowest BCUT2D eigenvalue weighted by Gasteiger charge is -2.46. The Bertz CT molecular complexity index is 266. The average Bonchev–Trinajstić information content (AvgIpc) is 2.32. The molecule has 2 fully saturated rings. The quantitative estimate of drug-likeness (QED) is 0.826. The van der Waals surface area contributed by atoms with E-state index in [1.807, 2.05) is 0 Å². The summed E-state index contributed by atoms with van der Waals surface area (Å²) >= 11 is 0. The summed E-state index contributed by atoms with van der Waals surface area (Å²) < 4.78 is 0. The highest BCUT2D eigenvalue weighted by Crippen LogP contribution is 2.26. The number of likely N-dealkylation sites (tertiary alicyclic amines) is 2. The monoisotopic (exact) mass is 267 g/mol. The van der Waals surface area contributed by atoms with E-state index in [1.165, 1.54) is 25.9 Å². The minimum atomic E-state index is 0.703. The Kier molecular flexibility index (Phi) is 4.91. The maximum absolute atomic E-state index is 4.01. The van der Waals surface area contributed by atoms with Crippen LogP contribution in [0.15, 0.2) is 0 Å². The molecule has 2 rings (SSSR count). The Balaban J connectivity index is 1.93. The third-order valence-corrected chi connectivity index (χ3v) is 5.65. The van der Waals surface area contributed by atoms with Gasteiger partial charge in [-0.25, -0.2) is 0 Å². The molecule has 0 aromatic heterocycles. The molecule has 0 aromatic rings. The van der Waals surface area contributed by atoms with Crippen molar-refractivity contribution in [3.8, 4) is 0 Å². The summed E-state index contributed by atoms with van der Waals surface area (Å²) in [5.74, 6) is 1.53. The lowest BCUT2D eigenvalue weighted by molar-refractivity contribution is 0.0770. The van der Waals surface area contributed by atoms with Crippen LogP contribution >= 0.6 is 0 Å². The zero-order chi connectivity index (χ0) is 14.2. The first kappa shape index (κ1) is 15.3.